The van der Waals surface area contributed by atoms with Crippen molar-refractivity contribution in [3.8, 4) is 11.5 Å². The average molecular weight is 364 g/mol. The summed E-state index contributed by atoms with van der Waals surface area (Å²) in [4.78, 5) is 15.5. The quantitative estimate of drug-likeness (QED) is 0.710. The standard InChI is InChI=1S/C14H9IN2O2/c15-10-3-1-2-9(6-10)14-17-11-7-8(13(16)18)4-5-12(11)19-14/h1-7H,(H2,16,18). The highest BCUT2D eigenvalue weighted by Crippen LogP contribution is 2.25. The van der Waals surface area contributed by atoms with Gasteiger partial charge in [-0.05, 0) is 59.0 Å². The molecule has 0 fully saturated rings. The smallest absolute Gasteiger partial charge is 0.248 e. The van der Waals surface area contributed by atoms with Gasteiger partial charge in [-0.1, -0.05) is 6.07 Å². The number of aromatic nitrogens is 1. The summed E-state index contributed by atoms with van der Waals surface area (Å²) >= 11 is 2.23. The van der Waals surface area contributed by atoms with E-state index in [9.17, 15) is 4.79 Å². The molecule has 0 aliphatic heterocycles. The van der Waals surface area contributed by atoms with Crippen LogP contribution in [-0.4, -0.2) is 10.9 Å². The number of carbonyl (C=O) groups is 1. The minimum atomic E-state index is -0.472. The molecular formula is C14H9IN2O2. The summed E-state index contributed by atoms with van der Waals surface area (Å²) in [7, 11) is 0. The van der Waals surface area contributed by atoms with Gasteiger partial charge >= 0.3 is 0 Å². The first-order chi connectivity index (χ1) is 9.13. The van der Waals surface area contributed by atoms with E-state index in [1.807, 2.05) is 24.3 Å². The van der Waals surface area contributed by atoms with Crippen molar-refractivity contribution < 1.29 is 9.21 Å². The van der Waals surface area contributed by atoms with Crippen molar-refractivity contribution >= 4 is 39.6 Å². The van der Waals surface area contributed by atoms with Crippen LogP contribution in [0.3, 0.4) is 0 Å². The lowest BCUT2D eigenvalue weighted by atomic mass is 10.2. The maximum Gasteiger partial charge on any atom is 0.248 e. The fourth-order valence-electron chi connectivity index (χ4n) is 1.83. The number of hydrogen-bond acceptors (Lipinski definition) is 3. The summed E-state index contributed by atoms with van der Waals surface area (Å²) in [6, 6.07) is 12.8. The van der Waals surface area contributed by atoms with Gasteiger partial charge in [0.05, 0.1) is 0 Å². The number of nitrogens with two attached hydrogens (primary N) is 1. The molecule has 3 aromatic rings. The Morgan fingerprint density at radius 2 is 2.05 bits per heavy atom. The van der Waals surface area contributed by atoms with Gasteiger partial charge in [0.2, 0.25) is 11.8 Å². The van der Waals surface area contributed by atoms with E-state index in [0.717, 1.165) is 9.13 Å². The predicted octanol–water partition coefficient (Wildman–Crippen LogP) is 3.20. The summed E-state index contributed by atoms with van der Waals surface area (Å²) < 4.78 is 6.78. The van der Waals surface area contributed by atoms with E-state index in [4.69, 9.17) is 10.2 Å². The number of fused-ring (bicyclic) bond motifs is 1. The van der Waals surface area contributed by atoms with Gasteiger partial charge in [0, 0.05) is 14.7 Å². The molecular weight excluding hydrogens is 355 g/mol. The maximum absolute atomic E-state index is 11.1. The van der Waals surface area contributed by atoms with Crippen molar-refractivity contribution in [1.82, 2.24) is 4.98 Å². The van der Waals surface area contributed by atoms with Crippen LogP contribution in [0.2, 0.25) is 0 Å². The van der Waals surface area contributed by atoms with Crippen molar-refractivity contribution in [2.45, 2.75) is 0 Å². The van der Waals surface area contributed by atoms with Crippen molar-refractivity contribution in [3.05, 3.63) is 51.6 Å². The summed E-state index contributed by atoms with van der Waals surface area (Å²) in [6.07, 6.45) is 0. The molecule has 0 saturated carbocycles. The van der Waals surface area contributed by atoms with Crippen LogP contribution in [0.5, 0.6) is 0 Å². The van der Waals surface area contributed by atoms with E-state index in [2.05, 4.69) is 27.6 Å². The first-order valence-electron chi connectivity index (χ1n) is 5.60. The van der Waals surface area contributed by atoms with Gasteiger partial charge < -0.3 is 10.2 Å². The molecule has 0 unspecified atom stereocenters. The van der Waals surface area contributed by atoms with E-state index < -0.39 is 5.91 Å². The number of benzene rings is 2. The molecule has 1 aromatic heterocycles. The van der Waals surface area contributed by atoms with Gasteiger partial charge in [-0.2, -0.15) is 0 Å². The molecule has 19 heavy (non-hydrogen) atoms. The molecule has 0 spiro atoms. The minimum Gasteiger partial charge on any atom is -0.436 e. The zero-order chi connectivity index (χ0) is 13.4. The van der Waals surface area contributed by atoms with Crippen molar-refractivity contribution in [2.75, 3.05) is 0 Å². The second-order valence-corrected chi connectivity index (χ2v) is 5.32. The topological polar surface area (TPSA) is 69.1 Å². The van der Waals surface area contributed by atoms with Crippen molar-refractivity contribution in [2.24, 2.45) is 5.73 Å². The number of halogens is 1. The number of carbonyl (C=O) groups excluding carboxylic acids is 1. The van der Waals surface area contributed by atoms with E-state index in [-0.39, 0.29) is 0 Å². The highest BCUT2D eigenvalue weighted by Gasteiger charge is 2.10. The number of amides is 1. The molecule has 1 heterocycles. The van der Waals surface area contributed by atoms with Crippen LogP contribution in [0.15, 0.2) is 46.9 Å². The SMILES string of the molecule is NC(=O)c1ccc2oc(-c3cccc(I)c3)nc2c1. The van der Waals surface area contributed by atoms with Gasteiger partial charge in [0.25, 0.3) is 0 Å². The van der Waals surface area contributed by atoms with Crippen LogP contribution in [0.1, 0.15) is 10.4 Å². The highest BCUT2D eigenvalue weighted by atomic mass is 127. The van der Waals surface area contributed by atoms with Crippen LogP contribution in [0, 0.1) is 3.57 Å². The highest BCUT2D eigenvalue weighted by molar-refractivity contribution is 14.1. The van der Waals surface area contributed by atoms with Crippen molar-refractivity contribution in [3.63, 3.8) is 0 Å². The lowest BCUT2D eigenvalue weighted by molar-refractivity contribution is 0.100. The molecule has 0 bridgehead atoms. The first kappa shape index (κ1) is 12.2. The van der Waals surface area contributed by atoms with Crippen LogP contribution in [0.25, 0.3) is 22.6 Å². The van der Waals surface area contributed by atoms with E-state index in [1.54, 1.807) is 18.2 Å². The Morgan fingerprint density at radius 3 is 2.79 bits per heavy atom. The molecule has 1 amide bonds. The van der Waals surface area contributed by atoms with Gasteiger partial charge in [0.15, 0.2) is 5.58 Å². The second kappa shape index (κ2) is 4.65. The summed E-state index contributed by atoms with van der Waals surface area (Å²) in [5.74, 6) is 0.0656. The molecule has 2 aromatic carbocycles. The fraction of sp³-hybridized carbons (Fsp3) is 0. The molecule has 2 N–H and O–H groups in total. The van der Waals surface area contributed by atoms with Gasteiger partial charge in [-0.3, -0.25) is 4.79 Å². The molecule has 4 nitrogen and oxygen atoms in total. The summed E-state index contributed by atoms with van der Waals surface area (Å²) in [6.45, 7) is 0. The molecule has 0 atom stereocenters. The monoisotopic (exact) mass is 364 g/mol. The fourth-order valence-corrected chi connectivity index (χ4v) is 2.37. The molecule has 0 saturated heterocycles. The number of nitrogens with zero attached hydrogens (tertiary/aromatic N) is 1. The predicted molar refractivity (Wildman–Crippen MR) is 80.7 cm³/mol. The van der Waals surface area contributed by atoms with Gasteiger partial charge in [0.1, 0.15) is 5.52 Å². The lowest BCUT2D eigenvalue weighted by Crippen LogP contribution is -2.10. The minimum absolute atomic E-state index is 0.426. The summed E-state index contributed by atoms with van der Waals surface area (Å²) in [5, 5.41) is 0. The average Bonchev–Trinajstić information content (AvgIpc) is 2.81. The molecule has 94 valence electrons. The van der Waals surface area contributed by atoms with E-state index >= 15 is 0 Å². The molecule has 5 heteroatoms. The number of primary amides is 1. The third kappa shape index (κ3) is 2.33. The van der Waals surface area contributed by atoms with Gasteiger partial charge in [-0.25, -0.2) is 4.98 Å². The maximum atomic E-state index is 11.1. The molecule has 3 rings (SSSR count). The Morgan fingerprint density at radius 1 is 1.21 bits per heavy atom. The van der Waals surface area contributed by atoms with Crippen LogP contribution >= 0.6 is 22.6 Å². The zero-order valence-corrected chi connectivity index (χ0v) is 11.9. The van der Waals surface area contributed by atoms with Crippen LogP contribution in [0.4, 0.5) is 0 Å². The molecule has 0 radical (unpaired) electrons. The third-order valence-electron chi connectivity index (χ3n) is 2.74. The van der Waals surface area contributed by atoms with Crippen LogP contribution in [-0.2, 0) is 0 Å². The number of hydrogen-bond donors (Lipinski definition) is 1. The molecule has 0 aliphatic carbocycles. The Hall–Kier alpha value is -1.89. The van der Waals surface area contributed by atoms with Crippen LogP contribution < -0.4 is 5.73 Å². The largest absolute Gasteiger partial charge is 0.436 e. The second-order valence-electron chi connectivity index (χ2n) is 4.08. The van der Waals surface area contributed by atoms with E-state index in [0.29, 0.717) is 22.6 Å². The van der Waals surface area contributed by atoms with Crippen molar-refractivity contribution in [1.29, 1.82) is 0 Å². The Balaban J connectivity index is 2.14. The Bertz CT molecular complexity index is 780. The number of rotatable bonds is 2. The Labute approximate surface area is 122 Å². The third-order valence-corrected chi connectivity index (χ3v) is 3.41. The molecule has 0 aliphatic rings. The lowest BCUT2D eigenvalue weighted by Gasteiger charge is -1.94. The number of oxazole rings is 1. The summed E-state index contributed by atoms with van der Waals surface area (Å²) in [5.41, 5.74) is 7.84. The first-order valence-corrected chi connectivity index (χ1v) is 6.68. The van der Waals surface area contributed by atoms with E-state index in [1.165, 1.54) is 0 Å². The zero-order valence-electron chi connectivity index (χ0n) is 9.76. The normalized spacial score (nSPS) is 10.8. The Kier molecular flexibility index (Phi) is 2.98. The van der Waals surface area contributed by atoms with Gasteiger partial charge in [-0.15, -0.1) is 0 Å².